The van der Waals surface area contributed by atoms with E-state index in [0.29, 0.717) is 11.3 Å². The molecule has 2 aromatic heterocycles. The van der Waals surface area contributed by atoms with Crippen LogP contribution in [0.3, 0.4) is 0 Å². The molecule has 3 aromatic rings. The van der Waals surface area contributed by atoms with E-state index >= 15 is 0 Å². The van der Waals surface area contributed by atoms with Crippen molar-refractivity contribution >= 4 is 17.5 Å². The Kier molecular flexibility index (Phi) is 7.44. The SMILES string of the molecule is CC(C)(C)c1ccc(N(C(=O)c2nn[nH]c2C#N)C(C(=O)NC2CCCCC2)c2cccnc2)cc1. The molecular weight excluding hydrogens is 454 g/mol. The van der Waals surface area contributed by atoms with Gasteiger partial charge in [-0.05, 0) is 42.0 Å². The number of pyridine rings is 1. The van der Waals surface area contributed by atoms with Gasteiger partial charge in [0.1, 0.15) is 12.1 Å². The molecule has 2 heterocycles. The van der Waals surface area contributed by atoms with E-state index < -0.39 is 11.9 Å². The summed E-state index contributed by atoms with van der Waals surface area (Å²) in [6.45, 7) is 6.32. The number of aromatic amines is 1. The van der Waals surface area contributed by atoms with Gasteiger partial charge in [-0.1, -0.05) is 63.4 Å². The molecule has 9 heteroatoms. The quantitative estimate of drug-likeness (QED) is 0.538. The minimum Gasteiger partial charge on any atom is -0.351 e. The van der Waals surface area contributed by atoms with E-state index in [4.69, 9.17) is 0 Å². The molecule has 0 saturated heterocycles. The van der Waals surface area contributed by atoms with E-state index in [9.17, 15) is 14.9 Å². The first kappa shape index (κ1) is 25.0. The van der Waals surface area contributed by atoms with Crippen molar-refractivity contribution in [2.24, 2.45) is 0 Å². The van der Waals surface area contributed by atoms with Crippen molar-refractivity contribution in [1.82, 2.24) is 25.7 Å². The molecule has 4 rings (SSSR count). The fourth-order valence-corrected chi connectivity index (χ4v) is 4.56. The highest BCUT2D eigenvalue weighted by Gasteiger charge is 2.37. The highest BCUT2D eigenvalue weighted by molar-refractivity contribution is 6.10. The monoisotopic (exact) mass is 485 g/mol. The lowest BCUT2D eigenvalue weighted by atomic mass is 9.87. The Morgan fingerprint density at radius 1 is 1.14 bits per heavy atom. The zero-order valence-electron chi connectivity index (χ0n) is 20.9. The second-order valence-electron chi connectivity index (χ2n) is 10.2. The largest absolute Gasteiger partial charge is 0.351 e. The van der Waals surface area contributed by atoms with Crippen molar-refractivity contribution in [2.75, 3.05) is 4.90 Å². The normalized spacial score (nSPS) is 15.1. The maximum Gasteiger partial charge on any atom is 0.282 e. The molecule has 0 aliphatic heterocycles. The summed E-state index contributed by atoms with van der Waals surface area (Å²) in [5, 5.41) is 22.6. The maximum atomic E-state index is 13.9. The van der Waals surface area contributed by atoms with Gasteiger partial charge in [0.15, 0.2) is 11.4 Å². The molecule has 1 unspecified atom stereocenters. The molecule has 1 aliphatic carbocycles. The molecule has 9 nitrogen and oxygen atoms in total. The van der Waals surface area contributed by atoms with Crippen LogP contribution in [0.15, 0.2) is 48.8 Å². The molecule has 1 aromatic carbocycles. The third kappa shape index (κ3) is 5.43. The number of hydrogen-bond acceptors (Lipinski definition) is 6. The number of nitrogens with one attached hydrogen (secondary N) is 2. The van der Waals surface area contributed by atoms with E-state index in [-0.39, 0.29) is 28.8 Å². The molecule has 186 valence electrons. The van der Waals surface area contributed by atoms with Gasteiger partial charge in [0, 0.05) is 29.7 Å². The van der Waals surface area contributed by atoms with Crippen LogP contribution in [0, 0.1) is 11.3 Å². The highest BCUT2D eigenvalue weighted by Crippen LogP contribution is 2.32. The predicted molar refractivity (Wildman–Crippen MR) is 135 cm³/mol. The summed E-state index contributed by atoms with van der Waals surface area (Å²) < 4.78 is 0. The summed E-state index contributed by atoms with van der Waals surface area (Å²) >= 11 is 0. The number of aromatic nitrogens is 4. The van der Waals surface area contributed by atoms with E-state index in [2.05, 4.69) is 46.5 Å². The van der Waals surface area contributed by atoms with Crippen LogP contribution < -0.4 is 10.2 Å². The van der Waals surface area contributed by atoms with Crippen LogP contribution in [-0.2, 0) is 10.2 Å². The number of nitriles is 1. The first-order valence-electron chi connectivity index (χ1n) is 12.2. The number of carbonyl (C=O) groups is 2. The number of nitrogens with zero attached hydrogens (tertiary/aromatic N) is 5. The number of H-pyrrole nitrogens is 1. The second kappa shape index (κ2) is 10.7. The molecule has 1 saturated carbocycles. The molecule has 2 amide bonds. The van der Waals surface area contributed by atoms with Crippen LogP contribution in [0.2, 0.25) is 0 Å². The lowest BCUT2D eigenvalue weighted by Crippen LogP contribution is -2.47. The van der Waals surface area contributed by atoms with Crippen LogP contribution in [0.5, 0.6) is 0 Å². The summed E-state index contributed by atoms with van der Waals surface area (Å²) in [4.78, 5) is 33.4. The first-order valence-corrected chi connectivity index (χ1v) is 12.2. The van der Waals surface area contributed by atoms with Gasteiger partial charge in [-0.2, -0.15) is 5.26 Å². The average Bonchev–Trinajstić information content (AvgIpc) is 3.36. The van der Waals surface area contributed by atoms with Gasteiger partial charge in [-0.3, -0.25) is 19.5 Å². The van der Waals surface area contributed by atoms with Gasteiger partial charge in [-0.15, -0.1) is 5.10 Å². The van der Waals surface area contributed by atoms with Crippen molar-refractivity contribution in [2.45, 2.75) is 70.4 Å². The van der Waals surface area contributed by atoms with E-state index in [1.165, 1.54) is 4.90 Å². The summed E-state index contributed by atoms with van der Waals surface area (Å²) in [6, 6.07) is 12.0. The maximum absolute atomic E-state index is 13.9. The Hall–Kier alpha value is -4.06. The average molecular weight is 486 g/mol. The van der Waals surface area contributed by atoms with Crippen LogP contribution >= 0.6 is 0 Å². The first-order chi connectivity index (χ1) is 17.3. The Morgan fingerprint density at radius 2 is 1.86 bits per heavy atom. The molecule has 1 aliphatic rings. The molecule has 0 spiro atoms. The Labute approximate surface area is 210 Å². The van der Waals surface area contributed by atoms with Crippen molar-refractivity contribution in [1.29, 1.82) is 5.26 Å². The molecular formula is C27H31N7O2. The summed E-state index contributed by atoms with van der Waals surface area (Å²) in [7, 11) is 0. The lowest BCUT2D eigenvalue weighted by molar-refractivity contribution is -0.123. The number of hydrogen-bond donors (Lipinski definition) is 2. The molecule has 2 N–H and O–H groups in total. The molecule has 1 atom stereocenters. The topological polar surface area (TPSA) is 128 Å². The fourth-order valence-electron chi connectivity index (χ4n) is 4.56. The number of rotatable bonds is 6. The smallest absolute Gasteiger partial charge is 0.282 e. The predicted octanol–water partition coefficient (Wildman–Crippen LogP) is 4.21. The summed E-state index contributed by atoms with van der Waals surface area (Å²) in [5.74, 6) is -0.901. The number of amides is 2. The van der Waals surface area contributed by atoms with Crippen LogP contribution in [-0.4, -0.2) is 38.3 Å². The molecule has 36 heavy (non-hydrogen) atoms. The third-order valence-electron chi connectivity index (χ3n) is 6.55. The highest BCUT2D eigenvalue weighted by atomic mass is 16.2. The van der Waals surface area contributed by atoms with E-state index in [1.807, 2.05) is 30.3 Å². The van der Waals surface area contributed by atoms with Gasteiger partial charge in [-0.25, -0.2) is 5.10 Å². The van der Waals surface area contributed by atoms with Gasteiger partial charge in [0.05, 0.1) is 0 Å². The number of anilines is 1. The molecule has 0 radical (unpaired) electrons. The summed E-state index contributed by atoms with van der Waals surface area (Å²) in [5.41, 5.74) is 1.86. The second-order valence-corrected chi connectivity index (χ2v) is 10.2. The van der Waals surface area contributed by atoms with Crippen LogP contribution in [0.1, 0.15) is 86.2 Å². The van der Waals surface area contributed by atoms with Crippen molar-refractivity contribution < 1.29 is 9.59 Å². The standard InChI is InChI=1S/C27H31N7O2/c1-27(2,3)19-11-13-21(14-12-19)34(26(36)23-22(16-28)31-33-32-23)24(18-8-7-15-29-17-18)25(35)30-20-9-5-4-6-10-20/h7-8,11-15,17,20,24H,4-6,9-10H2,1-3H3,(H,30,35)(H,31,32,33). The lowest BCUT2D eigenvalue weighted by Gasteiger charge is -2.33. The van der Waals surface area contributed by atoms with Crippen molar-refractivity contribution in [3.63, 3.8) is 0 Å². The van der Waals surface area contributed by atoms with Crippen molar-refractivity contribution in [3.8, 4) is 6.07 Å². The minimum atomic E-state index is -1.02. The Morgan fingerprint density at radius 3 is 2.47 bits per heavy atom. The van der Waals surface area contributed by atoms with Gasteiger partial charge < -0.3 is 5.32 Å². The van der Waals surface area contributed by atoms with E-state index in [0.717, 1.165) is 37.7 Å². The zero-order valence-corrected chi connectivity index (χ0v) is 20.9. The minimum absolute atomic E-state index is 0.0485. The Bertz CT molecular complexity index is 1230. The van der Waals surface area contributed by atoms with Gasteiger partial charge in [0.2, 0.25) is 5.91 Å². The van der Waals surface area contributed by atoms with Gasteiger partial charge in [0.25, 0.3) is 5.91 Å². The summed E-state index contributed by atoms with van der Waals surface area (Å²) in [6.07, 6.45) is 8.29. The van der Waals surface area contributed by atoms with Crippen molar-refractivity contribution in [3.05, 3.63) is 71.3 Å². The number of carbonyl (C=O) groups excluding carboxylic acids is 2. The molecule has 0 bridgehead atoms. The zero-order chi connectivity index (χ0) is 25.7. The fraction of sp³-hybridized carbons (Fsp3) is 0.407. The van der Waals surface area contributed by atoms with Crippen LogP contribution in [0.4, 0.5) is 5.69 Å². The Balaban J connectivity index is 1.82. The van der Waals surface area contributed by atoms with Crippen LogP contribution in [0.25, 0.3) is 0 Å². The number of benzene rings is 1. The molecule has 1 fully saturated rings. The van der Waals surface area contributed by atoms with Gasteiger partial charge >= 0.3 is 0 Å². The third-order valence-corrected chi connectivity index (χ3v) is 6.55. The van der Waals surface area contributed by atoms with E-state index in [1.54, 1.807) is 24.5 Å².